The summed E-state index contributed by atoms with van der Waals surface area (Å²) in [7, 11) is 1.55. The number of carbonyl (C=O) groups excluding carboxylic acids is 2. The fourth-order valence-electron chi connectivity index (χ4n) is 2.88. The number of rotatable bonds is 5. The number of amides is 1. The highest BCUT2D eigenvalue weighted by molar-refractivity contribution is 6.10. The van der Waals surface area contributed by atoms with E-state index in [-0.39, 0.29) is 29.3 Å². The average molecular weight is 409 g/mol. The quantitative estimate of drug-likeness (QED) is 0.396. The first-order chi connectivity index (χ1) is 14.5. The van der Waals surface area contributed by atoms with Crippen LogP contribution >= 0.6 is 0 Å². The van der Waals surface area contributed by atoms with Gasteiger partial charge in [0.25, 0.3) is 5.91 Å². The van der Waals surface area contributed by atoms with Crippen LogP contribution < -0.4 is 5.32 Å². The second-order valence-corrected chi connectivity index (χ2v) is 6.20. The van der Waals surface area contributed by atoms with Gasteiger partial charge in [0.2, 0.25) is 5.95 Å². The van der Waals surface area contributed by atoms with Crippen molar-refractivity contribution < 1.29 is 18.7 Å². The van der Waals surface area contributed by atoms with E-state index in [0.29, 0.717) is 11.3 Å². The van der Waals surface area contributed by atoms with Gasteiger partial charge >= 0.3 is 5.97 Å². The number of aromatic nitrogens is 6. The molecule has 4 heterocycles. The molecule has 0 atom stereocenters. The molecule has 0 radical (unpaired) electrons. The van der Waals surface area contributed by atoms with Crippen LogP contribution in [0.3, 0.4) is 0 Å². The number of aryl methyl sites for hydroxylation is 1. The highest BCUT2D eigenvalue weighted by atomic mass is 19.1. The predicted molar refractivity (Wildman–Crippen MR) is 103 cm³/mol. The minimum atomic E-state index is -0.676. The fraction of sp³-hybridized carbons (Fsp3) is 0.158. The number of pyridine rings is 2. The molecule has 0 bridgehead atoms. The summed E-state index contributed by atoms with van der Waals surface area (Å²) in [4.78, 5) is 32.7. The second kappa shape index (κ2) is 7.70. The van der Waals surface area contributed by atoms with Crippen molar-refractivity contribution in [1.29, 1.82) is 0 Å². The number of hydrogen-bond donors (Lipinski definition) is 1. The van der Waals surface area contributed by atoms with Gasteiger partial charge < -0.3 is 10.1 Å². The van der Waals surface area contributed by atoms with Gasteiger partial charge in [0.1, 0.15) is 11.3 Å². The van der Waals surface area contributed by atoms with Crippen molar-refractivity contribution in [1.82, 2.24) is 29.4 Å². The SMILES string of the molecule is CCOC(=O)c1cnn(C)c1C(=O)Nc1ccn2nc(-c3cccnc3F)nc2c1. The van der Waals surface area contributed by atoms with Gasteiger partial charge in [-0.2, -0.15) is 9.49 Å². The number of esters is 1. The van der Waals surface area contributed by atoms with E-state index in [9.17, 15) is 14.0 Å². The number of nitrogens with one attached hydrogen (secondary N) is 1. The Balaban J connectivity index is 1.62. The van der Waals surface area contributed by atoms with Gasteiger partial charge in [-0.3, -0.25) is 9.48 Å². The van der Waals surface area contributed by atoms with Crippen LogP contribution in [0.5, 0.6) is 0 Å². The third-order valence-electron chi connectivity index (χ3n) is 4.24. The van der Waals surface area contributed by atoms with E-state index in [1.165, 1.54) is 27.7 Å². The number of ether oxygens (including phenoxy) is 1. The molecule has 152 valence electrons. The maximum atomic E-state index is 13.9. The molecule has 0 aromatic carbocycles. The van der Waals surface area contributed by atoms with Crippen LogP contribution in [0.4, 0.5) is 10.1 Å². The van der Waals surface area contributed by atoms with E-state index >= 15 is 0 Å². The van der Waals surface area contributed by atoms with E-state index in [1.807, 2.05) is 0 Å². The topological polar surface area (TPSA) is 116 Å². The molecule has 11 heteroatoms. The van der Waals surface area contributed by atoms with Gasteiger partial charge in [0, 0.05) is 31.2 Å². The van der Waals surface area contributed by atoms with Crippen molar-refractivity contribution in [2.24, 2.45) is 7.05 Å². The third kappa shape index (κ3) is 3.48. The van der Waals surface area contributed by atoms with Crippen molar-refractivity contribution in [2.45, 2.75) is 6.92 Å². The largest absolute Gasteiger partial charge is 0.462 e. The molecule has 4 aromatic rings. The maximum Gasteiger partial charge on any atom is 0.342 e. The van der Waals surface area contributed by atoms with Crippen LogP contribution in [0.15, 0.2) is 42.9 Å². The minimum Gasteiger partial charge on any atom is -0.462 e. The fourth-order valence-corrected chi connectivity index (χ4v) is 2.88. The molecular formula is C19H16FN7O3. The molecule has 0 saturated carbocycles. The van der Waals surface area contributed by atoms with Crippen molar-refractivity contribution in [2.75, 3.05) is 11.9 Å². The summed E-state index contributed by atoms with van der Waals surface area (Å²) in [6, 6.07) is 6.29. The number of anilines is 1. The van der Waals surface area contributed by atoms with Crippen molar-refractivity contribution in [3.8, 4) is 11.4 Å². The lowest BCUT2D eigenvalue weighted by Crippen LogP contribution is -2.20. The van der Waals surface area contributed by atoms with Gasteiger partial charge in [-0.05, 0) is 25.1 Å². The molecule has 4 aromatic heterocycles. The Bertz CT molecular complexity index is 1260. The Kier molecular flexibility index (Phi) is 4.92. The first-order valence-electron chi connectivity index (χ1n) is 8.95. The zero-order valence-corrected chi connectivity index (χ0v) is 16.0. The Morgan fingerprint density at radius 3 is 2.90 bits per heavy atom. The molecule has 4 rings (SSSR count). The first-order valence-corrected chi connectivity index (χ1v) is 8.95. The molecule has 0 unspecified atom stereocenters. The van der Waals surface area contributed by atoms with Gasteiger partial charge in [0.05, 0.1) is 18.4 Å². The van der Waals surface area contributed by atoms with Crippen LogP contribution in [0.1, 0.15) is 27.8 Å². The molecule has 0 spiro atoms. The molecule has 1 N–H and O–H groups in total. The molecular weight excluding hydrogens is 393 g/mol. The Hall–Kier alpha value is -4.15. The second-order valence-electron chi connectivity index (χ2n) is 6.20. The maximum absolute atomic E-state index is 13.9. The Morgan fingerprint density at radius 2 is 2.13 bits per heavy atom. The molecule has 1 amide bonds. The van der Waals surface area contributed by atoms with Crippen LogP contribution in [0, 0.1) is 5.95 Å². The zero-order chi connectivity index (χ0) is 21.3. The van der Waals surface area contributed by atoms with E-state index in [0.717, 1.165) is 0 Å². The number of nitrogens with zero attached hydrogens (tertiary/aromatic N) is 6. The number of halogens is 1. The first kappa shape index (κ1) is 19.2. The minimum absolute atomic E-state index is 0.0629. The van der Waals surface area contributed by atoms with Crippen LogP contribution in [0.25, 0.3) is 17.0 Å². The highest BCUT2D eigenvalue weighted by Crippen LogP contribution is 2.20. The molecule has 10 nitrogen and oxygen atoms in total. The predicted octanol–water partition coefficient (Wildman–Crippen LogP) is 2.09. The molecule has 0 fully saturated rings. The Labute approximate surface area is 169 Å². The third-order valence-corrected chi connectivity index (χ3v) is 4.24. The van der Waals surface area contributed by atoms with Crippen LogP contribution in [-0.4, -0.2) is 47.8 Å². The molecule has 0 aliphatic carbocycles. The lowest BCUT2D eigenvalue weighted by Gasteiger charge is -2.07. The molecule has 30 heavy (non-hydrogen) atoms. The number of hydrogen-bond acceptors (Lipinski definition) is 7. The van der Waals surface area contributed by atoms with E-state index in [4.69, 9.17) is 4.74 Å². The standard InChI is InChI=1S/C19H16FN7O3/c1-3-30-19(29)13-10-22-26(2)15(13)18(28)23-11-6-8-27-14(9-11)24-17(25-27)12-5-4-7-21-16(12)20/h4-10H,3H2,1-2H3,(H,23,28). The number of fused-ring (bicyclic) bond motifs is 1. The lowest BCUT2D eigenvalue weighted by atomic mass is 10.2. The Morgan fingerprint density at radius 1 is 1.30 bits per heavy atom. The van der Waals surface area contributed by atoms with E-state index < -0.39 is 17.8 Å². The van der Waals surface area contributed by atoms with Crippen molar-refractivity contribution >= 4 is 23.2 Å². The van der Waals surface area contributed by atoms with Crippen molar-refractivity contribution in [3.63, 3.8) is 0 Å². The monoisotopic (exact) mass is 409 g/mol. The highest BCUT2D eigenvalue weighted by Gasteiger charge is 2.23. The normalized spacial score (nSPS) is 10.9. The summed E-state index contributed by atoms with van der Waals surface area (Å²) in [5, 5.41) is 10.9. The van der Waals surface area contributed by atoms with Gasteiger partial charge in [-0.1, -0.05) is 0 Å². The van der Waals surface area contributed by atoms with E-state index in [2.05, 4.69) is 25.5 Å². The lowest BCUT2D eigenvalue weighted by molar-refractivity contribution is 0.0523. The van der Waals surface area contributed by atoms with Crippen molar-refractivity contribution in [3.05, 3.63) is 60.1 Å². The molecule has 0 saturated heterocycles. The summed E-state index contributed by atoms with van der Waals surface area (Å²) in [5.41, 5.74) is 1.10. The van der Waals surface area contributed by atoms with Crippen LogP contribution in [0.2, 0.25) is 0 Å². The summed E-state index contributed by atoms with van der Waals surface area (Å²) < 4.78 is 21.6. The average Bonchev–Trinajstić information content (AvgIpc) is 3.31. The summed E-state index contributed by atoms with van der Waals surface area (Å²) >= 11 is 0. The van der Waals surface area contributed by atoms with Gasteiger partial charge in [0.15, 0.2) is 11.5 Å². The summed E-state index contributed by atoms with van der Waals surface area (Å²) in [6.45, 7) is 1.85. The van der Waals surface area contributed by atoms with Crippen LogP contribution in [-0.2, 0) is 11.8 Å². The zero-order valence-electron chi connectivity index (χ0n) is 16.0. The number of carbonyl (C=O) groups is 2. The molecule has 0 aliphatic rings. The summed E-state index contributed by atoms with van der Waals surface area (Å²) in [5.74, 6) is -1.68. The smallest absolute Gasteiger partial charge is 0.342 e. The van der Waals surface area contributed by atoms with Gasteiger partial charge in [-0.25, -0.2) is 19.3 Å². The molecule has 0 aliphatic heterocycles. The van der Waals surface area contributed by atoms with E-state index in [1.54, 1.807) is 38.4 Å². The summed E-state index contributed by atoms with van der Waals surface area (Å²) in [6.07, 6.45) is 4.19. The van der Waals surface area contributed by atoms with Gasteiger partial charge in [-0.15, -0.1) is 5.10 Å².